The van der Waals surface area contributed by atoms with Gasteiger partial charge in [-0.05, 0) is 25.7 Å². The highest BCUT2D eigenvalue weighted by Gasteiger charge is 2.32. The molecular weight excluding hydrogens is 598 g/mol. The zero-order valence-corrected chi connectivity index (χ0v) is 30.4. The molecule has 0 saturated heterocycles. The highest BCUT2D eigenvalue weighted by molar-refractivity contribution is 7.12. The highest BCUT2D eigenvalue weighted by atomic mass is 14.2. The third kappa shape index (κ3) is 7.46. The van der Waals surface area contributed by atoms with E-state index in [1.165, 1.54) is 82.4 Å². The van der Waals surface area contributed by atoms with E-state index >= 15 is 0 Å². The van der Waals surface area contributed by atoms with Crippen LogP contribution in [-0.2, 0) is 12.8 Å². The zero-order chi connectivity index (χ0) is 34.5. The van der Waals surface area contributed by atoms with Gasteiger partial charge in [-0.1, -0.05) is 221 Å². The Morgan fingerprint density at radius 1 is 0.320 bits per heavy atom. The van der Waals surface area contributed by atoms with E-state index in [0.29, 0.717) is 0 Å². The molecule has 6 aromatic carbocycles. The molecule has 0 N–H and O–H groups in total. The molecule has 0 heterocycles. The zero-order valence-electron chi connectivity index (χ0n) is 30.4. The SMILES string of the molecule is CCCC[B-](c1ccccc1)(c1ccccc1)c1ccccc1CCCCc1ccccc1[B-](CCCC)(c1ccccc1)c1ccccc1. The Labute approximate surface area is 302 Å². The van der Waals surface area contributed by atoms with Crippen LogP contribution < -0.4 is 32.8 Å². The van der Waals surface area contributed by atoms with E-state index in [1.54, 1.807) is 0 Å². The average molecular weight is 653 g/mol. The van der Waals surface area contributed by atoms with Gasteiger partial charge in [0.05, 0.1) is 12.3 Å². The summed E-state index contributed by atoms with van der Waals surface area (Å²) in [6, 6.07) is 64.3. The van der Waals surface area contributed by atoms with Crippen LogP contribution in [0.3, 0.4) is 0 Å². The number of rotatable bonds is 17. The monoisotopic (exact) mass is 652 g/mol. The fourth-order valence-corrected chi connectivity index (χ4v) is 9.34. The smallest absolute Gasteiger partial charge is 0.0818 e. The second-order valence-corrected chi connectivity index (χ2v) is 14.6. The molecule has 0 nitrogen and oxygen atoms in total. The second-order valence-electron chi connectivity index (χ2n) is 14.6. The van der Waals surface area contributed by atoms with Gasteiger partial charge in [0.25, 0.3) is 0 Å². The van der Waals surface area contributed by atoms with Gasteiger partial charge in [-0.15, -0.1) is 0 Å². The lowest BCUT2D eigenvalue weighted by atomic mass is 9.13. The maximum Gasteiger partial charge on any atom is 0.0818 e. The number of aryl methyl sites for hydroxylation is 2. The Bertz CT molecular complexity index is 1650. The maximum atomic E-state index is 2.45. The van der Waals surface area contributed by atoms with Gasteiger partial charge in [-0.2, -0.15) is 45.4 Å². The number of hydrogen-bond acceptors (Lipinski definition) is 0. The van der Waals surface area contributed by atoms with Crippen molar-refractivity contribution in [1.29, 1.82) is 0 Å². The second kappa shape index (κ2) is 17.4. The van der Waals surface area contributed by atoms with Gasteiger partial charge in [-0.25, -0.2) is 0 Å². The minimum Gasteiger partial charge on any atom is -0.200 e. The summed E-state index contributed by atoms with van der Waals surface area (Å²) in [5.41, 5.74) is 11.9. The summed E-state index contributed by atoms with van der Waals surface area (Å²) in [4.78, 5) is 0. The van der Waals surface area contributed by atoms with E-state index in [4.69, 9.17) is 0 Å². The first kappa shape index (κ1) is 35.3. The van der Waals surface area contributed by atoms with Crippen LogP contribution in [0.15, 0.2) is 170 Å². The molecule has 6 aromatic rings. The number of unbranched alkanes of at least 4 members (excludes halogenated alkanes) is 3. The maximum absolute atomic E-state index is 2.45. The summed E-state index contributed by atoms with van der Waals surface area (Å²) < 4.78 is 0. The van der Waals surface area contributed by atoms with Crippen LogP contribution in [0, 0.1) is 0 Å². The summed E-state index contributed by atoms with van der Waals surface area (Å²) >= 11 is 0. The van der Waals surface area contributed by atoms with E-state index in [9.17, 15) is 0 Å². The van der Waals surface area contributed by atoms with Crippen LogP contribution in [0.1, 0.15) is 63.5 Å². The number of benzene rings is 6. The van der Waals surface area contributed by atoms with E-state index in [1.807, 2.05) is 0 Å². The number of hydrogen-bond donors (Lipinski definition) is 0. The third-order valence-electron chi connectivity index (χ3n) is 11.8. The topological polar surface area (TPSA) is 0 Å². The van der Waals surface area contributed by atoms with Gasteiger partial charge in [0.15, 0.2) is 0 Å². The van der Waals surface area contributed by atoms with Gasteiger partial charge in [0, 0.05) is 0 Å². The Morgan fingerprint density at radius 3 is 0.900 bits per heavy atom. The summed E-state index contributed by atoms with van der Waals surface area (Å²) in [7, 11) is 0. The van der Waals surface area contributed by atoms with Crippen LogP contribution in [0.25, 0.3) is 0 Å². The molecule has 0 fully saturated rings. The van der Waals surface area contributed by atoms with Crippen molar-refractivity contribution in [1.82, 2.24) is 0 Å². The first-order chi connectivity index (χ1) is 24.7. The predicted molar refractivity (Wildman–Crippen MR) is 224 cm³/mol. The first-order valence-electron chi connectivity index (χ1n) is 19.5. The predicted octanol–water partition coefficient (Wildman–Crippen LogP) is 8.79. The molecule has 2 heteroatoms. The van der Waals surface area contributed by atoms with Crippen molar-refractivity contribution in [2.24, 2.45) is 0 Å². The quantitative estimate of drug-likeness (QED) is 0.0683. The summed E-state index contributed by atoms with van der Waals surface area (Å²) in [5, 5.41) is 0. The van der Waals surface area contributed by atoms with Gasteiger partial charge in [0.2, 0.25) is 0 Å². The molecule has 6 rings (SSSR count). The van der Waals surface area contributed by atoms with Crippen LogP contribution in [0.2, 0.25) is 12.6 Å². The van der Waals surface area contributed by atoms with Crippen molar-refractivity contribution in [2.75, 3.05) is 0 Å². The van der Waals surface area contributed by atoms with E-state index in [0.717, 1.165) is 25.5 Å². The van der Waals surface area contributed by atoms with Gasteiger partial charge >= 0.3 is 0 Å². The Balaban J connectivity index is 1.33. The van der Waals surface area contributed by atoms with E-state index in [2.05, 4.69) is 184 Å². The molecule has 0 aliphatic heterocycles. The Kier molecular flexibility index (Phi) is 12.3. The van der Waals surface area contributed by atoms with Crippen molar-refractivity contribution in [3.05, 3.63) is 181 Å². The van der Waals surface area contributed by atoms with E-state index in [-0.39, 0.29) is 0 Å². The molecule has 254 valence electrons. The lowest BCUT2D eigenvalue weighted by Gasteiger charge is -2.45. The summed E-state index contributed by atoms with van der Waals surface area (Å²) in [6.45, 7) is 4.66. The van der Waals surface area contributed by atoms with Crippen LogP contribution in [0.5, 0.6) is 0 Å². The minimum absolute atomic E-state index is 1.09. The molecule has 0 bridgehead atoms. The lowest BCUT2D eigenvalue weighted by molar-refractivity contribution is 0.737. The molecule has 0 saturated carbocycles. The summed E-state index contributed by atoms with van der Waals surface area (Å²) in [6.07, 6.45) is 9.45. The molecule has 0 spiro atoms. The fourth-order valence-electron chi connectivity index (χ4n) is 9.34. The van der Waals surface area contributed by atoms with Crippen molar-refractivity contribution in [2.45, 2.75) is 77.9 Å². The summed E-state index contributed by atoms with van der Waals surface area (Å²) in [5.74, 6) is 0. The molecule has 0 radical (unpaired) electrons. The van der Waals surface area contributed by atoms with Crippen LogP contribution >= 0.6 is 0 Å². The van der Waals surface area contributed by atoms with Gasteiger partial charge in [-0.3, -0.25) is 0 Å². The molecule has 50 heavy (non-hydrogen) atoms. The van der Waals surface area contributed by atoms with Gasteiger partial charge < -0.3 is 0 Å². The highest BCUT2D eigenvalue weighted by Crippen LogP contribution is 2.22. The van der Waals surface area contributed by atoms with E-state index < -0.39 is 12.3 Å². The molecule has 0 atom stereocenters. The van der Waals surface area contributed by atoms with Crippen molar-refractivity contribution < 1.29 is 0 Å². The van der Waals surface area contributed by atoms with Crippen LogP contribution in [0.4, 0.5) is 0 Å². The largest absolute Gasteiger partial charge is 0.200 e. The molecule has 0 aliphatic carbocycles. The van der Waals surface area contributed by atoms with Crippen molar-refractivity contribution in [3.63, 3.8) is 0 Å². The molecule has 0 aromatic heterocycles. The lowest BCUT2D eigenvalue weighted by Crippen LogP contribution is -2.67. The van der Waals surface area contributed by atoms with Crippen LogP contribution in [-0.4, -0.2) is 12.3 Å². The Morgan fingerprint density at radius 2 is 0.600 bits per heavy atom. The first-order valence-corrected chi connectivity index (χ1v) is 19.5. The molecule has 0 amide bonds. The van der Waals surface area contributed by atoms with Crippen molar-refractivity contribution in [3.8, 4) is 0 Å². The molecule has 0 aliphatic rings. The third-order valence-corrected chi connectivity index (χ3v) is 11.8. The Hall–Kier alpha value is -4.55. The average Bonchev–Trinajstić information content (AvgIpc) is 3.19. The minimum atomic E-state index is -1.10. The molecular formula is C48H54B2-2. The molecule has 0 unspecified atom stereocenters. The standard InChI is InChI=1S/C48H54B2/c1-3-5-39-49(43-29-11-7-12-30-43,44-31-13-8-14-32-44)47-37-23-21-27-41(47)25-19-20-26-42-28-22-24-38-48(42)50(40-6-4-2,45-33-15-9-16-34-45)46-35-17-10-18-36-46/h7-18,21-24,27-38H,3-6,19-20,25-26,39-40H2,1-2H3/q-2. The van der Waals surface area contributed by atoms with Gasteiger partial charge in [0.1, 0.15) is 0 Å². The fraction of sp³-hybridized carbons (Fsp3) is 0.250. The van der Waals surface area contributed by atoms with Crippen molar-refractivity contribution >= 4 is 45.1 Å². The normalized spacial score (nSPS) is 11.8.